The fourth-order valence-electron chi connectivity index (χ4n) is 2.27. The Hall–Kier alpha value is -1.32. The summed E-state index contributed by atoms with van der Waals surface area (Å²) in [4.78, 5) is 18.7. The van der Waals surface area contributed by atoms with Gasteiger partial charge < -0.3 is 9.72 Å². The summed E-state index contributed by atoms with van der Waals surface area (Å²) in [6.45, 7) is 2.32. The molecule has 0 radical (unpaired) electrons. The minimum Gasteiger partial charge on any atom is -0.466 e. The number of nitrogens with zero attached hydrogens (tertiary/aromatic N) is 1. The zero-order chi connectivity index (χ0) is 11.4. The van der Waals surface area contributed by atoms with Crippen molar-refractivity contribution in [2.45, 2.75) is 39.0 Å². The van der Waals surface area contributed by atoms with Gasteiger partial charge in [0.1, 0.15) is 0 Å². The number of H-pyrrole nitrogens is 1. The van der Waals surface area contributed by atoms with Crippen LogP contribution in [-0.4, -0.2) is 22.5 Å². The molecule has 1 N–H and O–H groups in total. The molecule has 0 saturated heterocycles. The highest BCUT2D eigenvalue weighted by atomic mass is 16.5. The van der Waals surface area contributed by atoms with E-state index in [9.17, 15) is 4.79 Å². The van der Waals surface area contributed by atoms with Crippen LogP contribution in [0.3, 0.4) is 0 Å². The van der Waals surface area contributed by atoms with Crippen molar-refractivity contribution >= 4 is 5.97 Å². The Labute approximate surface area is 95.4 Å². The van der Waals surface area contributed by atoms with E-state index >= 15 is 0 Å². The molecule has 2 rings (SSSR count). The molecule has 0 aliphatic heterocycles. The van der Waals surface area contributed by atoms with E-state index in [2.05, 4.69) is 9.97 Å². The Morgan fingerprint density at radius 1 is 1.69 bits per heavy atom. The Morgan fingerprint density at radius 2 is 2.56 bits per heavy atom. The molecule has 1 heterocycles. The third kappa shape index (κ3) is 2.62. The van der Waals surface area contributed by atoms with Gasteiger partial charge in [0.15, 0.2) is 0 Å². The average molecular weight is 222 g/mol. The molecule has 1 aliphatic rings. The van der Waals surface area contributed by atoms with Gasteiger partial charge in [-0.1, -0.05) is 0 Å². The predicted octanol–water partition coefficient (Wildman–Crippen LogP) is 1.86. The van der Waals surface area contributed by atoms with Crippen LogP contribution in [0.1, 0.15) is 37.6 Å². The number of carbonyl (C=O) groups is 1. The van der Waals surface area contributed by atoms with E-state index in [0.29, 0.717) is 18.9 Å². The molecule has 0 aromatic carbocycles. The van der Waals surface area contributed by atoms with Gasteiger partial charge in [-0.15, -0.1) is 0 Å². The second kappa shape index (κ2) is 5.14. The van der Waals surface area contributed by atoms with Crippen LogP contribution in [0.5, 0.6) is 0 Å². The Kier molecular flexibility index (Phi) is 3.59. The number of rotatable bonds is 4. The summed E-state index contributed by atoms with van der Waals surface area (Å²) in [7, 11) is 0. The Bertz CT molecular complexity index is 360. The largest absolute Gasteiger partial charge is 0.466 e. The lowest BCUT2D eigenvalue weighted by atomic mass is 9.86. The SMILES string of the molecule is CCOC(=O)CCC1CCc2nc[nH]c2C1. The van der Waals surface area contributed by atoms with E-state index < -0.39 is 0 Å². The number of carbonyl (C=O) groups excluding carboxylic acids is 1. The van der Waals surface area contributed by atoms with Crippen molar-refractivity contribution in [1.29, 1.82) is 0 Å². The van der Waals surface area contributed by atoms with Crippen LogP contribution in [0.4, 0.5) is 0 Å². The maximum atomic E-state index is 11.2. The third-order valence-corrected chi connectivity index (χ3v) is 3.15. The molecule has 0 saturated carbocycles. The molecule has 1 aliphatic carbocycles. The molecule has 1 aromatic rings. The normalized spacial score (nSPS) is 19.2. The van der Waals surface area contributed by atoms with E-state index in [0.717, 1.165) is 25.7 Å². The predicted molar refractivity (Wildman–Crippen MR) is 60.0 cm³/mol. The number of aryl methyl sites for hydroxylation is 1. The first-order chi connectivity index (χ1) is 7.79. The highest BCUT2D eigenvalue weighted by Crippen LogP contribution is 2.26. The average Bonchev–Trinajstić information content (AvgIpc) is 2.74. The summed E-state index contributed by atoms with van der Waals surface area (Å²) in [6.07, 6.45) is 6.43. The Morgan fingerprint density at radius 3 is 3.38 bits per heavy atom. The minimum absolute atomic E-state index is 0.0714. The topological polar surface area (TPSA) is 55.0 Å². The van der Waals surface area contributed by atoms with Crippen LogP contribution >= 0.6 is 0 Å². The van der Waals surface area contributed by atoms with Crippen LogP contribution in [0.15, 0.2) is 6.33 Å². The zero-order valence-corrected chi connectivity index (χ0v) is 9.66. The van der Waals surface area contributed by atoms with Gasteiger partial charge in [-0.05, 0) is 38.5 Å². The molecule has 4 heteroatoms. The summed E-state index contributed by atoms with van der Waals surface area (Å²) < 4.78 is 4.93. The van der Waals surface area contributed by atoms with Crippen molar-refractivity contribution in [2.75, 3.05) is 6.61 Å². The van der Waals surface area contributed by atoms with Crippen LogP contribution in [0, 0.1) is 5.92 Å². The van der Waals surface area contributed by atoms with Crippen molar-refractivity contribution in [1.82, 2.24) is 9.97 Å². The molecular formula is C12H18N2O2. The highest BCUT2D eigenvalue weighted by molar-refractivity contribution is 5.69. The van der Waals surface area contributed by atoms with Gasteiger partial charge in [-0.3, -0.25) is 4.79 Å². The van der Waals surface area contributed by atoms with Gasteiger partial charge in [-0.25, -0.2) is 4.98 Å². The summed E-state index contributed by atoms with van der Waals surface area (Å²) in [6, 6.07) is 0. The molecule has 1 aromatic heterocycles. The molecule has 0 fully saturated rings. The van der Waals surface area contributed by atoms with Crippen molar-refractivity contribution in [2.24, 2.45) is 5.92 Å². The number of aromatic amines is 1. The lowest BCUT2D eigenvalue weighted by Gasteiger charge is -2.20. The second-order valence-corrected chi connectivity index (χ2v) is 4.28. The van der Waals surface area contributed by atoms with E-state index in [4.69, 9.17) is 4.74 Å². The maximum absolute atomic E-state index is 11.2. The van der Waals surface area contributed by atoms with Crippen LogP contribution < -0.4 is 0 Å². The first-order valence-corrected chi connectivity index (χ1v) is 5.96. The van der Waals surface area contributed by atoms with E-state index in [1.807, 2.05) is 6.92 Å². The third-order valence-electron chi connectivity index (χ3n) is 3.15. The number of aromatic nitrogens is 2. The lowest BCUT2D eigenvalue weighted by Crippen LogP contribution is -2.16. The molecule has 0 amide bonds. The van der Waals surface area contributed by atoms with Crippen LogP contribution in [-0.2, 0) is 22.4 Å². The number of ether oxygens (including phenoxy) is 1. The summed E-state index contributed by atoms with van der Waals surface area (Å²) in [5.41, 5.74) is 2.45. The van der Waals surface area contributed by atoms with E-state index in [-0.39, 0.29) is 5.97 Å². The lowest BCUT2D eigenvalue weighted by molar-refractivity contribution is -0.143. The standard InChI is InChI=1S/C12H18N2O2/c1-2-16-12(15)6-4-9-3-5-10-11(7-9)14-8-13-10/h8-9H,2-7H2,1H3,(H,13,14). The van der Waals surface area contributed by atoms with Crippen molar-refractivity contribution < 1.29 is 9.53 Å². The molecule has 88 valence electrons. The quantitative estimate of drug-likeness (QED) is 0.791. The smallest absolute Gasteiger partial charge is 0.305 e. The van der Waals surface area contributed by atoms with Gasteiger partial charge >= 0.3 is 5.97 Å². The Balaban J connectivity index is 1.79. The first-order valence-electron chi connectivity index (χ1n) is 5.96. The number of imidazole rings is 1. The van der Waals surface area contributed by atoms with Crippen molar-refractivity contribution in [3.63, 3.8) is 0 Å². The summed E-state index contributed by atoms with van der Waals surface area (Å²) in [5.74, 6) is 0.523. The number of nitrogens with one attached hydrogen (secondary N) is 1. The van der Waals surface area contributed by atoms with Gasteiger partial charge in [0.25, 0.3) is 0 Å². The van der Waals surface area contributed by atoms with Gasteiger partial charge in [-0.2, -0.15) is 0 Å². The van der Waals surface area contributed by atoms with E-state index in [1.54, 1.807) is 6.33 Å². The van der Waals surface area contributed by atoms with Gasteiger partial charge in [0, 0.05) is 12.1 Å². The zero-order valence-electron chi connectivity index (χ0n) is 9.66. The second-order valence-electron chi connectivity index (χ2n) is 4.28. The molecule has 16 heavy (non-hydrogen) atoms. The highest BCUT2D eigenvalue weighted by Gasteiger charge is 2.21. The first kappa shape index (κ1) is 11.2. The minimum atomic E-state index is -0.0714. The molecule has 0 bridgehead atoms. The monoisotopic (exact) mass is 222 g/mol. The molecule has 4 nitrogen and oxygen atoms in total. The fourth-order valence-corrected chi connectivity index (χ4v) is 2.27. The van der Waals surface area contributed by atoms with Crippen molar-refractivity contribution in [3.05, 3.63) is 17.7 Å². The van der Waals surface area contributed by atoms with Crippen molar-refractivity contribution in [3.8, 4) is 0 Å². The molecular weight excluding hydrogens is 204 g/mol. The summed E-state index contributed by atoms with van der Waals surface area (Å²) >= 11 is 0. The van der Waals surface area contributed by atoms with Gasteiger partial charge in [0.05, 0.1) is 18.6 Å². The number of esters is 1. The fraction of sp³-hybridized carbons (Fsp3) is 0.667. The van der Waals surface area contributed by atoms with Gasteiger partial charge in [0.2, 0.25) is 0 Å². The number of hydrogen-bond acceptors (Lipinski definition) is 3. The van der Waals surface area contributed by atoms with Crippen LogP contribution in [0.25, 0.3) is 0 Å². The molecule has 1 unspecified atom stereocenters. The van der Waals surface area contributed by atoms with E-state index in [1.165, 1.54) is 11.4 Å². The summed E-state index contributed by atoms with van der Waals surface area (Å²) in [5, 5.41) is 0. The molecule has 1 atom stereocenters. The number of hydrogen-bond donors (Lipinski definition) is 1. The number of fused-ring (bicyclic) bond motifs is 1. The maximum Gasteiger partial charge on any atom is 0.305 e. The molecule has 0 spiro atoms. The van der Waals surface area contributed by atoms with Crippen LogP contribution in [0.2, 0.25) is 0 Å².